The van der Waals surface area contributed by atoms with Crippen molar-refractivity contribution in [3.05, 3.63) is 64.8 Å². The van der Waals surface area contributed by atoms with Crippen LogP contribution in [0.4, 0.5) is 4.39 Å². The van der Waals surface area contributed by atoms with E-state index in [-0.39, 0.29) is 27.8 Å². The van der Waals surface area contributed by atoms with Crippen molar-refractivity contribution < 1.29 is 38.7 Å². The number of benzene rings is 2. The van der Waals surface area contributed by atoms with Gasteiger partial charge in [0.25, 0.3) is 0 Å². The summed E-state index contributed by atoms with van der Waals surface area (Å²) < 4.78 is 30.4. The van der Waals surface area contributed by atoms with Crippen LogP contribution in [0, 0.1) is 5.82 Å². The van der Waals surface area contributed by atoms with Crippen molar-refractivity contribution in [2.45, 2.75) is 30.7 Å². The van der Waals surface area contributed by atoms with Gasteiger partial charge < -0.3 is 34.3 Å². The summed E-state index contributed by atoms with van der Waals surface area (Å²) in [6, 6.07) is 10.1. The summed E-state index contributed by atoms with van der Waals surface area (Å²) >= 11 is 0. The Morgan fingerprint density at radius 3 is 2.50 bits per heavy atom. The average molecular weight is 418 g/mol. The summed E-state index contributed by atoms with van der Waals surface area (Å²) in [5.41, 5.74) is -0.0825. The van der Waals surface area contributed by atoms with Crippen molar-refractivity contribution in [2.75, 3.05) is 6.61 Å². The molecule has 8 nitrogen and oxygen atoms in total. The third-order valence-electron chi connectivity index (χ3n) is 5.01. The molecule has 1 aliphatic heterocycles. The molecule has 1 aromatic heterocycles. The Balaban J connectivity index is 1.64. The summed E-state index contributed by atoms with van der Waals surface area (Å²) in [5, 5.41) is 39.2. The molecule has 0 radical (unpaired) electrons. The lowest BCUT2D eigenvalue weighted by Crippen LogP contribution is -2.60. The maximum atomic E-state index is 14.0. The van der Waals surface area contributed by atoms with E-state index in [9.17, 15) is 29.6 Å². The number of ether oxygens (including phenoxy) is 2. The molecule has 0 spiro atoms. The molecule has 0 unspecified atom stereocenters. The van der Waals surface area contributed by atoms with Crippen LogP contribution in [-0.4, -0.2) is 57.7 Å². The highest BCUT2D eigenvalue weighted by Crippen LogP contribution is 2.28. The maximum Gasteiger partial charge on any atom is 0.229 e. The number of halogens is 1. The minimum atomic E-state index is -1.58. The van der Waals surface area contributed by atoms with Gasteiger partial charge in [-0.2, -0.15) is 0 Å². The standard InChI is InChI=1S/C21H19FO8/c22-14-4-2-1-3-11(14)13-9-28-15-7-10(5-6-12(15)17(13)24)29-21-20(27)19(26)18(25)16(8-23)30-21/h1-7,9,16,18-21,23,25-27H,8H2/t16-,18+,19+,20+,21+/m0/s1. The second kappa shape index (κ2) is 8.13. The molecule has 1 saturated heterocycles. The lowest BCUT2D eigenvalue weighted by atomic mass is 9.99. The zero-order valence-electron chi connectivity index (χ0n) is 15.5. The van der Waals surface area contributed by atoms with Crippen LogP contribution in [0.3, 0.4) is 0 Å². The zero-order valence-corrected chi connectivity index (χ0v) is 15.5. The molecule has 0 bridgehead atoms. The van der Waals surface area contributed by atoms with E-state index >= 15 is 0 Å². The summed E-state index contributed by atoms with van der Waals surface area (Å²) in [7, 11) is 0. The largest absolute Gasteiger partial charge is 0.463 e. The molecule has 5 atom stereocenters. The van der Waals surface area contributed by atoms with Crippen molar-refractivity contribution in [2.24, 2.45) is 0 Å². The van der Waals surface area contributed by atoms with E-state index in [2.05, 4.69) is 0 Å². The predicted octanol–water partition coefficient (Wildman–Crippen LogP) is 0.778. The van der Waals surface area contributed by atoms with Crippen molar-refractivity contribution in [3.63, 3.8) is 0 Å². The van der Waals surface area contributed by atoms with Crippen LogP contribution >= 0.6 is 0 Å². The van der Waals surface area contributed by atoms with E-state index in [1.54, 1.807) is 6.07 Å². The highest BCUT2D eigenvalue weighted by atomic mass is 19.1. The first-order valence-electron chi connectivity index (χ1n) is 9.18. The molecule has 0 aliphatic carbocycles. The Morgan fingerprint density at radius 2 is 1.77 bits per heavy atom. The maximum absolute atomic E-state index is 14.0. The average Bonchev–Trinajstić information content (AvgIpc) is 2.75. The molecule has 1 aliphatic rings. The zero-order chi connectivity index (χ0) is 21.4. The van der Waals surface area contributed by atoms with Crippen LogP contribution in [0.2, 0.25) is 0 Å². The number of aliphatic hydroxyl groups is 4. The summed E-state index contributed by atoms with van der Waals surface area (Å²) in [6.07, 6.45) is -5.99. The van der Waals surface area contributed by atoms with Gasteiger partial charge in [0, 0.05) is 11.6 Å². The van der Waals surface area contributed by atoms with Gasteiger partial charge in [-0.15, -0.1) is 0 Å². The van der Waals surface area contributed by atoms with Crippen LogP contribution in [0.25, 0.3) is 22.1 Å². The minimum Gasteiger partial charge on any atom is -0.463 e. The highest BCUT2D eigenvalue weighted by Gasteiger charge is 2.44. The van der Waals surface area contributed by atoms with E-state index in [1.807, 2.05) is 0 Å². The van der Waals surface area contributed by atoms with E-state index < -0.39 is 48.6 Å². The lowest BCUT2D eigenvalue weighted by Gasteiger charge is -2.39. The summed E-state index contributed by atoms with van der Waals surface area (Å²) in [4.78, 5) is 12.8. The fourth-order valence-corrected chi connectivity index (χ4v) is 3.35. The Bertz CT molecular complexity index is 1110. The number of hydrogen-bond donors (Lipinski definition) is 4. The first kappa shape index (κ1) is 20.5. The molecule has 9 heteroatoms. The number of fused-ring (bicyclic) bond motifs is 1. The van der Waals surface area contributed by atoms with Crippen molar-refractivity contribution in [1.82, 2.24) is 0 Å². The Hall–Kier alpha value is -2.82. The lowest BCUT2D eigenvalue weighted by molar-refractivity contribution is -0.277. The first-order valence-corrected chi connectivity index (χ1v) is 9.18. The summed E-state index contributed by atoms with van der Waals surface area (Å²) in [6.45, 7) is -0.587. The van der Waals surface area contributed by atoms with Crippen molar-refractivity contribution in [1.29, 1.82) is 0 Å². The number of rotatable bonds is 4. The molecule has 0 saturated carbocycles. The van der Waals surface area contributed by atoms with Crippen LogP contribution in [0.5, 0.6) is 5.75 Å². The fraction of sp³-hybridized carbons (Fsp3) is 0.286. The van der Waals surface area contributed by atoms with Gasteiger partial charge in [0.05, 0.1) is 17.6 Å². The van der Waals surface area contributed by atoms with E-state index in [4.69, 9.17) is 13.9 Å². The van der Waals surface area contributed by atoms with E-state index in [0.29, 0.717) is 0 Å². The second-order valence-corrected chi connectivity index (χ2v) is 6.93. The van der Waals surface area contributed by atoms with Gasteiger partial charge in [-0.3, -0.25) is 4.79 Å². The van der Waals surface area contributed by atoms with Gasteiger partial charge >= 0.3 is 0 Å². The topological polar surface area (TPSA) is 130 Å². The number of hydrogen-bond acceptors (Lipinski definition) is 8. The van der Waals surface area contributed by atoms with Crippen molar-refractivity contribution >= 4 is 11.0 Å². The quantitative estimate of drug-likeness (QED) is 0.489. The molecule has 4 rings (SSSR count). The fourth-order valence-electron chi connectivity index (χ4n) is 3.35. The molecule has 158 valence electrons. The molecule has 1 fully saturated rings. The monoisotopic (exact) mass is 418 g/mol. The normalized spacial score (nSPS) is 26.6. The summed E-state index contributed by atoms with van der Waals surface area (Å²) in [5.74, 6) is -0.402. The van der Waals surface area contributed by atoms with Crippen molar-refractivity contribution in [3.8, 4) is 16.9 Å². The van der Waals surface area contributed by atoms with Gasteiger partial charge in [0.2, 0.25) is 11.7 Å². The van der Waals surface area contributed by atoms with E-state index in [1.165, 1.54) is 36.4 Å². The molecule has 0 amide bonds. The van der Waals surface area contributed by atoms with Crippen LogP contribution < -0.4 is 10.2 Å². The molecule has 4 N–H and O–H groups in total. The smallest absolute Gasteiger partial charge is 0.229 e. The molecule has 3 aromatic rings. The first-order chi connectivity index (χ1) is 14.4. The molecule has 2 aromatic carbocycles. The minimum absolute atomic E-state index is 0.0724. The molecule has 2 heterocycles. The van der Waals surface area contributed by atoms with Crippen LogP contribution in [0.1, 0.15) is 0 Å². The van der Waals surface area contributed by atoms with Crippen LogP contribution in [-0.2, 0) is 4.74 Å². The van der Waals surface area contributed by atoms with Gasteiger partial charge in [0.15, 0.2) is 0 Å². The van der Waals surface area contributed by atoms with E-state index in [0.717, 1.165) is 6.26 Å². The molecular weight excluding hydrogens is 399 g/mol. The Labute approximate surface area is 169 Å². The third-order valence-corrected chi connectivity index (χ3v) is 5.01. The third kappa shape index (κ3) is 3.57. The number of aliphatic hydroxyl groups excluding tert-OH is 4. The second-order valence-electron chi connectivity index (χ2n) is 6.93. The SMILES string of the molecule is O=c1c(-c2ccccc2F)coc2cc(O[C@@H]3O[C@@H](CO)[C@@H](O)[C@@H](O)[C@H]3O)ccc12. The molecule has 30 heavy (non-hydrogen) atoms. The Morgan fingerprint density at radius 1 is 1.00 bits per heavy atom. The van der Waals surface area contributed by atoms with Gasteiger partial charge in [-0.05, 0) is 18.2 Å². The highest BCUT2D eigenvalue weighted by molar-refractivity contribution is 5.82. The predicted molar refractivity (Wildman–Crippen MR) is 102 cm³/mol. The molecular formula is C21H19FO8. The van der Waals surface area contributed by atoms with Gasteiger partial charge in [-0.25, -0.2) is 4.39 Å². The van der Waals surface area contributed by atoms with Crippen LogP contribution in [0.15, 0.2) is 57.9 Å². The Kier molecular flexibility index (Phi) is 5.54. The van der Waals surface area contributed by atoms with Gasteiger partial charge in [0.1, 0.15) is 47.8 Å². The van der Waals surface area contributed by atoms with Gasteiger partial charge in [-0.1, -0.05) is 18.2 Å².